The molecule has 0 radical (unpaired) electrons. The molecular formula is C17H31N3S. The third kappa shape index (κ3) is 5.26. The molecule has 120 valence electrons. The first kappa shape index (κ1) is 16.8. The molecule has 0 bridgehead atoms. The van der Waals surface area contributed by atoms with Crippen LogP contribution in [0.25, 0.3) is 0 Å². The van der Waals surface area contributed by atoms with E-state index in [0.717, 1.165) is 18.4 Å². The maximum atomic E-state index is 4.83. The Morgan fingerprint density at radius 3 is 2.76 bits per heavy atom. The van der Waals surface area contributed by atoms with Crippen molar-refractivity contribution in [2.24, 2.45) is 11.8 Å². The number of hydrogen-bond donors (Lipinski definition) is 1. The zero-order chi connectivity index (χ0) is 15.5. The van der Waals surface area contributed by atoms with Crippen molar-refractivity contribution in [2.45, 2.75) is 66.0 Å². The van der Waals surface area contributed by atoms with Gasteiger partial charge in [-0.05, 0) is 51.9 Å². The van der Waals surface area contributed by atoms with Crippen LogP contribution in [-0.4, -0.2) is 23.6 Å². The lowest BCUT2D eigenvalue weighted by Gasteiger charge is -2.21. The van der Waals surface area contributed by atoms with E-state index in [-0.39, 0.29) is 5.54 Å². The Labute approximate surface area is 134 Å². The second-order valence-corrected chi connectivity index (χ2v) is 8.48. The first-order valence-corrected chi connectivity index (χ1v) is 9.17. The molecule has 1 saturated heterocycles. The largest absolute Gasteiger partial charge is 0.348 e. The number of rotatable bonds is 4. The molecule has 1 aliphatic heterocycles. The van der Waals surface area contributed by atoms with Crippen molar-refractivity contribution in [2.75, 3.05) is 18.0 Å². The Kier molecular flexibility index (Phi) is 5.67. The molecule has 3 nitrogen and oxygen atoms in total. The first-order valence-electron chi connectivity index (χ1n) is 8.29. The van der Waals surface area contributed by atoms with Gasteiger partial charge in [-0.25, -0.2) is 4.98 Å². The molecular weight excluding hydrogens is 278 g/mol. The average molecular weight is 310 g/mol. The summed E-state index contributed by atoms with van der Waals surface area (Å²) in [5.74, 6) is 1.70. The van der Waals surface area contributed by atoms with Crippen molar-refractivity contribution in [1.29, 1.82) is 0 Å². The van der Waals surface area contributed by atoms with E-state index in [4.69, 9.17) is 4.98 Å². The van der Waals surface area contributed by atoms with Gasteiger partial charge in [0.15, 0.2) is 5.13 Å². The van der Waals surface area contributed by atoms with Gasteiger partial charge in [0.1, 0.15) is 0 Å². The lowest BCUT2D eigenvalue weighted by Crippen LogP contribution is -2.35. The molecule has 2 heterocycles. The molecule has 1 N–H and O–H groups in total. The van der Waals surface area contributed by atoms with Crippen LogP contribution in [0.15, 0.2) is 5.38 Å². The summed E-state index contributed by atoms with van der Waals surface area (Å²) in [6.07, 6.45) is 3.99. The maximum absolute atomic E-state index is 4.83. The lowest BCUT2D eigenvalue weighted by atomic mass is 9.89. The highest BCUT2D eigenvalue weighted by Gasteiger charge is 2.21. The van der Waals surface area contributed by atoms with E-state index in [2.05, 4.69) is 50.2 Å². The summed E-state index contributed by atoms with van der Waals surface area (Å²) < 4.78 is 0. The highest BCUT2D eigenvalue weighted by atomic mass is 32.1. The summed E-state index contributed by atoms with van der Waals surface area (Å²) in [6.45, 7) is 14.5. The summed E-state index contributed by atoms with van der Waals surface area (Å²) >= 11 is 1.80. The van der Waals surface area contributed by atoms with Crippen LogP contribution in [0.4, 0.5) is 5.13 Å². The third-order valence-corrected chi connectivity index (χ3v) is 5.28. The van der Waals surface area contributed by atoms with E-state index < -0.39 is 0 Å². The Morgan fingerprint density at radius 2 is 2.10 bits per heavy atom. The second kappa shape index (κ2) is 7.10. The van der Waals surface area contributed by atoms with Crippen LogP contribution in [0.1, 0.15) is 59.6 Å². The number of aromatic nitrogens is 1. The van der Waals surface area contributed by atoms with E-state index in [1.54, 1.807) is 11.3 Å². The molecule has 1 aromatic rings. The topological polar surface area (TPSA) is 28.2 Å². The fraction of sp³-hybridized carbons (Fsp3) is 0.824. The van der Waals surface area contributed by atoms with Crippen LogP contribution in [0.5, 0.6) is 0 Å². The highest BCUT2D eigenvalue weighted by molar-refractivity contribution is 7.13. The second-order valence-electron chi connectivity index (χ2n) is 7.65. The van der Waals surface area contributed by atoms with Gasteiger partial charge < -0.3 is 10.2 Å². The van der Waals surface area contributed by atoms with Crippen LogP contribution in [-0.2, 0) is 6.54 Å². The predicted molar refractivity (Wildman–Crippen MR) is 93.1 cm³/mol. The summed E-state index contributed by atoms with van der Waals surface area (Å²) in [6, 6.07) is 0. The summed E-state index contributed by atoms with van der Waals surface area (Å²) in [7, 11) is 0. The molecule has 1 aromatic heterocycles. The Balaban J connectivity index is 1.92. The van der Waals surface area contributed by atoms with E-state index in [1.807, 2.05) is 0 Å². The van der Waals surface area contributed by atoms with Gasteiger partial charge in [-0.2, -0.15) is 0 Å². The van der Waals surface area contributed by atoms with Crippen LogP contribution < -0.4 is 10.2 Å². The third-order valence-electron chi connectivity index (χ3n) is 4.33. The van der Waals surface area contributed by atoms with Crippen molar-refractivity contribution >= 4 is 16.5 Å². The van der Waals surface area contributed by atoms with Crippen LogP contribution in [0, 0.1) is 11.8 Å². The minimum absolute atomic E-state index is 0.150. The summed E-state index contributed by atoms with van der Waals surface area (Å²) in [5.41, 5.74) is 1.33. The number of nitrogens with one attached hydrogen (secondary N) is 1. The Bertz CT molecular complexity index is 433. The average Bonchev–Trinajstić information content (AvgIpc) is 2.71. The van der Waals surface area contributed by atoms with E-state index in [0.29, 0.717) is 0 Å². The molecule has 0 aromatic carbocycles. The van der Waals surface area contributed by atoms with Gasteiger partial charge >= 0.3 is 0 Å². The maximum Gasteiger partial charge on any atom is 0.185 e. The van der Waals surface area contributed by atoms with Crippen molar-refractivity contribution in [1.82, 2.24) is 10.3 Å². The van der Waals surface area contributed by atoms with Gasteiger partial charge in [-0.1, -0.05) is 13.8 Å². The zero-order valence-electron chi connectivity index (χ0n) is 14.3. The number of nitrogens with zero attached hydrogens (tertiary/aromatic N) is 2. The molecule has 0 amide bonds. The lowest BCUT2D eigenvalue weighted by molar-refractivity contribution is 0.351. The van der Waals surface area contributed by atoms with Gasteiger partial charge in [-0.15, -0.1) is 11.3 Å². The smallest absolute Gasteiger partial charge is 0.185 e. The standard InChI is InChI=1S/C17H31N3S/c1-13(2)14-7-6-9-20(10-8-14)16-19-15(12-21-16)11-18-17(3,4)5/h12-14,18H,6-11H2,1-5H3. The van der Waals surface area contributed by atoms with Crippen molar-refractivity contribution < 1.29 is 0 Å². The van der Waals surface area contributed by atoms with Crippen molar-refractivity contribution in [3.8, 4) is 0 Å². The predicted octanol–water partition coefficient (Wildman–Crippen LogP) is 4.29. The fourth-order valence-corrected chi connectivity index (χ4v) is 3.74. The van der Waals surface area contributed by atoms with Gasteiger partial charge in [0.05, 0.1) is 5.69 Å². The molecule has 0 spiro atoms. The normalized spacial score (nSPS) is 20.9. The molecule has 0 aliphatic carbocycles. The quantitative estimate of drug-likeness (QED) is 0.899. The molecule has 1 aliphatic rings. The SMILES string of the molecule is CC(C)C1CCCN(c2nc(CNC(C)(C)C)cs2)CC1. The summed E-state index contributed by atoms with van der Waals surface area (Å²) in [4.78, 5) is 7.32. The van der Waals surface area contributed by atoms with Crippen LogP contribution >= 0.6 is 11.3 Å². The van der Waals surface area contributed by atoms with Gasteiger partial charge in [0.25, 0.3) is 0 Å². The van der Waals surface area contributed by atoms with Gasteiger partial charge in [0.2, 0.25) is 0 Å². The van der Waals surface area contributed by atoms with E-state index in [9.17, 15) is 0 Å². The number of anilines is 1. The molecule has 1 unspecified atom stereocenters. The summed E-state index contributed by atoms with van der Waals surface area (Å²) in [5, 5.41) is 6.93. The van der Waals surface area contributed by atoms with Gasteiger partial charge in [0, 0.05) is 30.6 Å². The monoisotopic (exact) mass is 309 g/mol. The molecule has 1 atom stereocenters. The Hall–Kier alpha value is -0.610. The first-order chi connectivity index (χ1) is 9.85. The zero-order valence-corrected chi connectivity index (χ0v) is 15.1. The number of hydrogen-bond acceptors (Lipinski definition) is 4. The number of thiazole rings is 1. The molecule has 1 fully saturated rings. The van der Waals surface area contributed by atoms with E-state index in [1.165, 1.54) is 43.2 Å². The van der Waals surface area contributed by atoms with Crippen LogP contribution in [0.3, 0.4) is 0 Å². The molecule has 21 heavy (non-hydrogen) atoms. The van der Waals surface area contributed by atoms with E-state index >= 15 is 0 Å². The molecule has 4 heteroatoms. The van der Waals surface area contributed by atoms with Crippen molar-refractivity contribution in [3.63, 3.8) is 0 Å². The highest BCUT2D eigenvalue weighted by Crippen LogP contribution is 2.29. The Morgan fingerprint density at radius 1 is 1.33 bits per heavy atom. The molecule has 0 saturated carbocycles. The fourth-order valence-electron chi connectivity index (χ4n) is 2.86. The molecule has 2 rings (SSSR count). The minimum atomic E-state index is 0.150. The van der Waals surface area contributed by atoms with Crippen molar-refractivity contribution in [3.05, 3.63) is 11.1 Å². The van der Waals surface area contributed by atoms with Crippen LogP contribution in [0.2, 0.25) is 0 Å². The van der Waals surface area contributed by atoms with Gasteiger partial charge in [-0.3, -0.25) is 0 Å². The minimum Gasteiger partial charge on any atom is -0.348 e.